The average Bonchev–Trinajstić information content (AvgIpc) is 2.18. The standard InChI is InChI=1S/C10H18ClNO/c1-9(5-11)6-12-4-2-3-10(7-12)8-13/h5,10,13H,2-4,6-8H2,1H3. The van der Waals surface area contributed by atoms with Gasteiger partial charge in [-0.25, -0.2) is 0 Å². The molecule has 1 aliphatic rings. The number of hydrogen-bond acceptors (Lipinski definition) is 2. The lowest BCUT2D eigenvalue weighted by Crippen LogP contribution is -2.37. The minimum Gasteiger partial charge on any atom is -0.396 e. The van der Waals surface area contributed by atoms with Crippen LogP contribution in [0, 0.1) is 5.92 Å². The maximum atomic E-state index is 9.03. The summed E-state index contributed by atoms with van der Waals surface area (Å²) in [5.74, 6) is 0.469. The van der Waals surface area contributed by atoms with Gasteiger partial charge in [-0.3, -0.25) is 4.90 Å². The molecule has 3 heteroatoms. The van der Waals surface area contributed by atoms with Gasteiger partial charge in [-0.1, -0.05) is 11.6 Å². The largest absolute Gasteiger partial charge is 0.396 e. The molecule has 2 nitrogen and oxygen atoms in total. The van der Waals surface area contributed by atoms with Crippen molar-refractivity contribution in [3.05, 3.63) is 11.1 Å². The summed E-state index contributed by atoms with van der Waals surface area (Å²) in [7, 11) is 0. The van der Waals surface area contributed by atoms with Crippen LogP contribution >= 0.6 is 11.6 Å². The molecule has 76 valence electrons. The zero-order valence-electron chi connectivity index (χ0n) is 8.17. The van der Waals surface area contributed by atoms with Crippen LogP contribution in [-0.2, 0) is 0 Å². The van der Waals surface area contributed by atoms with Crippen molar-refractivity contribution < 1.29 is 5.11 Å². The summed E-state index contributed by atoms with van der Waals surface area (Å²) in [5, 5.41) is 9.03. The van der Waals surface area contributed by atoms with E-state index in [0.29, 0.717) is 12.5 Å². The molecule has 0 aromatic carbocycles. The van der Waals surface area contributed by atoms with Crippen LogP contribution in [0.5, 0.6) is 0 Å². The molecule has 1 fully saturated rings. The Hall–Kier alpha value is -0.0500. The number of nitrogens with zero attached hydrogens (tertiary/aromatic N) is 1. The van der Waals surface area contributed by atoms with E-state index in [2.05, 4.69) is 4.90 Å². The van der Waals surface area contributed by atoms with Crippen LogP contribution in [0.25, 0.3) is 0 Å². The fourth-order valence-corrected chi connectivity index (χ4v) is 1.90. The van der Waals surface area contributed by atoms with E-state index in [1.807, 2.05) is 6.92 Å². The first-order valence-electron chi connectivity index (χ1n) is 4.85. The van der Waals surface area contributed by atoms with Gasteiger partial charge in [-0.05, 0) is 37.8 Å². The Kier molecular flexibility index (Phi) is 4.78. The Balaban J connectivity index is 2.34. The van der Waals surface area contributed by atoms with Gasteiger partial charge in [-0.2, -0.15) is 0 Å². The van der Waals surface area contributed by atoms with Crippen molar-refractivity contribution in [2.45, 2.75) is 19.8 Å². The first-order chi connectivity index (χ1) is 6.26. The van der Waals surface area contributed by atoms with Crippen LogP contribution in [0.3, 0.4) is 0 Å². The highest BCUT2D eigenvalue weighted by molar-refractivity contribution is 6.25. The monoisotopic (exact) mass is 203 g/mol. The number of hydrogen-bond donors (Lipinski definition) is 1. The maximum Gasteiger partial charge on any atom is 0.0471 e. The molecule has 0 radical (unpaired) electrons. The van der Waals surface area contributed by atoms with E-state index >= 15 is 0 Å². The molecule has 1 heterocycles. The smallest absolute Gasteiger partial charge is 0.0471 e. The third kappa shape index (κ3) is 3.67. The highest BCUT2D eigenvalue weighted by Gasteiger charge is 2.18. The SMILES string of the molecule is CC(=CCl)CN1CCCC(CO)C1. The van der Waals surface area contributed by atoms with Crippen molar-refractivity contribution in [1.82, 2.24) is 4.90 Å². The Labute approximate surface area is 85.2 Å². The van der Waals surface area contributed by atoms with Crippen LogP contribution < -0.4 is 0 Å². The molecule has 1 saturated heterocycles. The summed E-state index contributed by atoms with van der Waals surface area (Å²) in [6.07, 6.45) is 2.36. The van der Waals surface area contributed by atoms with Crippen molar-refractivity contribution in [3.63, 3.8) is 0 Å². The number of piperidine rings is 1. The second kappa shape index (κ2) is 5.63. The molecule has 0 aromatic heterocycles. The van der Waals surface area contributed by atoms with Gasteiger partial charge in [0.25, 0.3) is 0 Å². The van der Waals surface area contributed by atoms with Gasteiger partial charge < -0.3 is 5.11 Å². The molecule has 0 bridgehead atoms. The summed E-state index contributed by atoms with van der Waals surface area (Å²) in [4.78, 5) is 2.36. The molecule has 1 rings (SSSR count). The molecule has 1 aliphatic heterocycles. The molecule has 0 aromatic rings. The quantitative estimate of drug-likeness (QED) is 0.757. The summed E-state index contributed by atoms with van der Waals surface area (Å²) >= 11 is 5.60. The molecule has 1 unspecified atom stereocenters. The van der Waals surface area contributed by atoms with E-state index < -0.39 is 0 Å². The number of likely N-dealkylation sites (tertiary alicyclic amines) is 1. The van der Waals surface area contributed by atoms with Crippen LogP contribution in [0.15, 0.2) is 11.1 Å². The van der Waals surface area contributed by atoms with Crippen molar-refractivity contribution in [3.8, 4) is 0 Å². The van der Waals surface area contributed by atoms with Crippen LogP contribution in [0.4, 0.5) is 0 Å². The minimum atomic E-state index is 0.320. The van der Waals surface area contributed by atoms with Gasteiger partial charge in [0.2, 0.25) is 0 Å². The predicted molar refractivity (Wildman–Crippen MR) is 55.9 cm³/mol. The summed E-state index contributed by atoms with van der Waals surface area (Å²) in [6, 6.07) is 0. The lowest BCUT2D eigenvalue weighted by atomic mass is 9.99. The van der Waals surface area contributed by atoms with Gasteiger partial charge in [0.15, 0.2) is 0 Å². The number of aliphatic hydroxyl groups excluding tert-OH is 1. The number of rotatable bonds is 3. The number of halogens is 1. The fourth-order valence-electron chi connectivity index (χ4n) is 1.83. The van der Waals surface area contributed by atoms with Crippen molar-refractivity contribution in [1.29, 1.82) is 0 Å². The molecule has 13 heavy (non-hydrogen) atoms. The third-order valence-corrected chi connectivity index (χ3v) is 2.89. The second-order valence-corrected chi connectivity index (χ2v) is 4.10. The lowest BCUT2D eigenvalue weighted by molar-refractivity contribution is 0.127. The lowest BCUT2D eigenvalue weighted by Gasteiger charge is -2.31. The van der Waals surface area contributed by atoms with Crippen LogP contribution in [-0.4, -0.2) is 36.2 Å². The maximum absolute atomic E-state index is 9.03. The van der Waals surface area contributed by atoms with Gasteiger partial charge in [0.05, 0.1) is 0 Å². The third-order valence-electron chi connectivity index (χ3n) is 2.52. The molecular formula is C10H18ClNO. The highest BCUT2D eigenvalue weighted by Crippen LogP contribution is 2.16. The summed E-state index contributed by atoms with van der Waals surface area (Å²) < 4.78 is 0. The van der Waals surface area contributed by atoms with Crippen molar-refractivity contribution in [2.24, 2.45) is 5.92 Å². The first kappa shape index (κ1) is 11.0. The second-order valence-electron chi connectivity index (χ2n) is 3.88. The summed E-state index contributed by atoms with van der Waals surface area (Å²) in [5.41, 5.74) is 2.84. The zero-order chi connectivity index (χ0) is 9.68. The Morgan fingerprint density at radius 1 is 1.69 bits per heavy atom. The molecular weight excluding hydrogens is 186 g/mol. The fraction of sp³-hybridized carbons (Fsp3) is 0.800. The minimum absolute atomic E-state index is 0.320. The average molecular weight is 204 g/mol. The van der Waals surface area contributed by atoms with Crippen LogP contribution in [0.2, 0.25) is 0 Å². The van der Waals surface area contributed by atoms with Gasteiger partial charge in [-0.15, -0.1) is 0 Å². The van der Waals surface area contributed by atoms with E-state index in [-0.39, 0.29) is 0 Å². The summed E-state index contributed by atoms with van der Waals surface area (Å²) in [6.45, 7) is 5.45. The van der Waals surface area contributed by atoms with E-state index in [4.69, 9.17) is 16.7 Å². The Morgan fingerprint density at radius 3 is 3.08 bits per heavy atom. The Morgan fingerprint density at radius 2 is 2.46 bits per heavy atom. The van der Waals surface area contributed by atoms with E-state index in [1.54, 1.807) is 5.54 Å². The van der Waals surface area contributed by atoms with E-state index in [9.17, 15) is 0 Å². The molecule has 0 saturated carbocycles. The molecule has 1 atom stereocenters. The van der Waals surface area contributed by atoms with E-state index in [0.717, 1.165) is 26.1 Å². The van der Waals surface area contributed by atoms with Crippen molar-refractivity contribution in [2.75, 3.05) is 26.2 Å². The zero-order valence-corrected chi connectivity index (χ0v) is 8.93. The Bertz CT molecular complexity index is 182. The molecule has 0 spiro atoms. The van der Waals surface area contributed by atoms with Crippen molar-refractivity contribution >= 4 is 11.6 Å². The predicted octanol–water partition coefficient (Wildman–Crippen LogP) is 1.83. The van der Waals surface area contributed by atoms with Gasteiger partial charge in [0, 0.05) is 25.2 Å². The molecule has 0 amide bonds. The molecule has 1 N–H and O–H groups in total. The van der Waals surface area contributed by atoms with Gasteiger partial charge >= 0.3 is 0 Å². The van der Waals surface area contributed by atoms with Crippen LogP contribution in [0.1, 0.15) is 19.8 Å². The first-order valence-corrected chi connectivity index (χ1v) is 5.29. The number of aliphatic hydroxyl groups is 1. The van der Waals surface area contributed by atoms with E-state index in [1.165, 1.54) is 12.0 Å². The highest BCUT2D eigenvalue weighted by atomic mass is 35.5. The topological polar surface area (TPSA) is 23.5 Å². The normalized spacial score (nSPS) is 26.4. The van der Waals surface area contributed by atoms with Gasteiger partial charge in [0.1, 0.15) is 0 Å². The molecule has 0 aliphatic carbocycles.